The maximum Gasteiger partial charge on any atom is 0.234 e. The Hall–Kier alpha value is -1.57. The van der Waals surface area contributed by atoms with Gasteiger partial charge in [0.1, 0.15) is 13.2 Å². The van der Waals surface area contributed by atoms with Crippen molar-refractivity contribution in [2.24, 2.45) is 0 Å². The number of hydrogen-bond donors (Lipinski definition) is 1. The molecular weight excluding hydrogens is 440 g/mol. The zero-order valence-electron chi connectivity index (χ0n) is 16.0. The third-order valence-corrected chi connectivity index (χ3v) is 7.07. The van der Waals surface area contributed by atoms with E-state index in [0.29, 0.717) is 19.8 Å². The monoisotopic (exact) mass is 464 g/mol. The van der Waals surface area contributed by atoms with E-state index >= 15 is 0 Å². The molecule has 150 valence electrons. The summed E-state index contributed by atoms with van der Waals surface area (Å²) in [7, 11) is 1.98. The highest BCUT2D eigenvalue weighted by atomic mass is 79.9. The Morgan fingerprint density at radius 2 is 1.96 bits per heavy atom. The molecule has 2 aliphatic rings. The molecule has 0 radical (unpaired) electrons. The molecule has 4 rings (SSSR count). The van der Waals surface area contributed by atoms with Gasteiger partial charge in [-0.15, -0.1) is 11.3 Å². The van der Waals surface area contributed by atoms with Crippen molar-refractivity contribution in [2.45, 2.75) is 37.8 Å². The van der Waals surface area contributed by atoms with Crippen LogP contribution in [0.2, 0.25) is 0 Å². The van der Waals surface area contributed by atoms with Crippen LogP contribution in [-0.2, 0) is 16.9 Å². The van der Waals surface area contributed by atoms with Gasteiger partial charge in [0.25, 0.3) is 0 Å². The van der Waals surface area contributed by atoms with Crippen LogP contribution in [0.4, 0.5) is 0 Å². The van der Waals surface area contributed by atoms with Crippen molar-refractivity contribution in [1.29, 1.82) is 0 Å². The van der Waals surface area contributed by atoms with E-state index in [1.807, 2.05) is 19.2 Å². The number of nitrogens with one attached hydrogen (secondary N) is 1. The predicted octanol–water partition coefficient (Wildman–Crippen LogP) is 4.30. The number of thiophene rings is 1. The van der Waals surface area contributed by atoms with E-state index in [1.54, 1.807) is 11.3 Å². The fourth-order valence-electron chi connectivity index (χ4n) is 4.12. The zero-order chi connectivity index (χ0) is 19.6. The van der Waals surface area contributed by atoms with Gasteiger partial charge in [-0.25, -0.2) is 0 Å². The lowest BCUT2D eigenvalue weighted by Crippen LogP contribution is -2.47. The third-order valence-electron chi connectivity index (χ3n) is 5.39. The van der Waals surface area contributed by atoms with E-state index in [4.69, 9.17) is 9.47 Å². The topological polar surface area (TPSA) is 50.8 Å². The summed E-state index contributed by atoms with van der Waals surface area (Å²) in [5.74, 6) is 1.64. The Labute approximate surface area is 178 Å². The molecule has 0 bridgehead atoms. The number of rotatable bonds is 6. The molecule has 1 N–H and O–H groups in total. The molecular formula is C21H25BrN2O3S. The van der Waals surface area contributed by atoms with Crippen LogP contribution in [0.3, 0.4) is 0 Å². The largest absolute Gasteiger partial charge is 0.486 e. The summed E-state index contributed by atoms with van der Waals surface area (Å²) in [6, 6.07) is 8.20. The highest BCUT2D eigenvalue weighted by molar-refractivity contribution is 9.10. The average molecular weight is 465 g/mol. The van der Waals surface area contributed by atoms with Gasteiger partial charge in [0, 0.05) is 21.3 Å². The number of amides is 1. The Balaban J connectivity index is 1.45. The number of hydrogen-bond acceptors (Lipinski definition) is 5. The lowest BCUT2D eigenvalue weighted by molar-refractivity contribution is -0.124. The fraction of sp³-hybridized carbons (Fsp3) is 0.476. The molecule has 1 aliphatic heterocycles. The second-order valence-corrected chi connectivity index (χ2v) is 9.51. The van der Waals surface area contributed by atoms with Crippen LogP contribution in [0.25, 0.3) is 0 Å². The normalized spacial score (nSPS) is 17.7. The van der Waals surface area contributed by atoms with E-state index in [9.17, 15) is 4.79 Å². The van der Waals surface area contributed by atoms with E-state index in [1.165, 1.54) is 4.88 Å². The van der Waals surface area contributed by atoms with Gasteiger partial charge in [-0.3, -0.25) is 9.69 Å². The number of benzene rings is 1. The second-order valence-electron chi connectivity index (χ2n) is 7.60. The van der Waals surface area contributed by atoms with Crippen molar-refractivity contribution < 1.29 is 14.3 Å². The lowest BCUT2D eigenvalue weighted by atomic mass is 9.87. The van der Waals surface area contributed by atoms with E-state index in [0.717, 1.165) is 53.8 Å². The van der Waals surface area contributed by atoms with Crippen molar-refractivity contribution in [2.75, 3.05) is 26.8 Å². The molecule has 2 aromatic rings. The molecule has 28 heavy (non-hydrogen) atoms. The van der Waals surface area contributed by atoms with Crippen molar-refractivity contribution >= 4 is 33.2 Å². The number of nitrogens with zero attached hydrogens (tertiary/aromatic N) is 1. The van der Waals surface area contributed by atoms with Gasteiger partial charge in [-0.05, 0) is 59.6 Å². The standard InChI is InChI=1S/C21H25BrN2O3S/c1-24(12-17-11-16(22)14-28-17)13-20(25)23-21(6-2-3-7-21)15-4-5-18-19(10-15)27-9-8-26-18/h4-5,10-11,14H,2-3,6-9,12-13H2,1H3,(H,23,25). The molecule has 1 aliphatic carbocycles. The maximum atomic E-state index is 12.9. The molecule has 0 unspecified atom stereocenters. The highest BCUT2D eigenvalue weighted by Crippen LogP contribution is 2.42. The number of halogens is 1. The molecule has 1 aromatic carbocycles. The Morgan fingerprint density at radius 1 is 1.21 bits per heavy atom. The van der Waals surface area contributed by atoms with Gasteiger partial charge in [-0.2, -0.15) is 0 Å². The summed E-state index contributed by atoms with van der Waals surface area (Å²) in [4.78, 5) is 16.2. The summed E-state index contributed by atoms with van der Waals surface area (Å²) in [5, 5.41) is 5.42. The quantitative estimate of drug-likeness (QED) is 0.692. The van der Waals surface area contributed by atoms with Crippen molar-refractivity contribution in [3.8, 4) is 11.5 Å². The molecule has 5 nitrogen and oxygen atoms in total. The van der Waals surface area contributed by atoms with Crippen LogP contribution < -0.4 is 14.8 Å². The fourth-order valence-corrected chi connectivity index (χ4v) is 5.65. The molecule has 1 aromatic heterocycles. The summed E-state index contributed by atoms with van der Waals surface area (Å²) in [6.45, 7) is 2.29. The van der Waals surface area contributed by atoms with E-state index < -0.39 is 0 Å². The minimum atomic E-state index is -0.306. The SMILES string of the molecule is CN(CC(=O)NC1(c2ccc3c(c2)OCCO3)CCCC1)Cc1cc(Br)cs1. The first-order chi connectivity index (χ1) is 13.5. The van der Waals surface area contributed by atoms with Gasteiger partial charge < -0.3 is 14.8 Å². The zero-order valence-corrected chi connectivity index (χ0v) is 18.4. The van der Waals surface area contributed by atoms with Crippen LogP contribution in [-0.4, -0.2) is 37.6 Å². The average Bonchev–Trinajstić information content (AvgIpc) is 3.31. The summed E-state index contributed by atoms with van der Waals surface area (Å²) in [5.41, 5.74) is 0.812. The first-order valence-corrected chi connectivity index (χ1v) is 11.3. The Morgan fingerprint density at radius 3 is 2.68 bits per heavy atom. The Kier molecular flexibility index (Phi) is 5.94. The lowest BCUT2D eigenvalue weighted by Gasteiger charge is -2.33. The number of carbonyl (C=O) groups is 1. The van der Waals surface area contributed by atoms with E-state index in [2.05, 4.69) is 43.7 Å². The van der Waals surface area contributed by atoms with Crippen LogP contribution in [0.5, 0.6) is 11.5 Å². The summed E-state index contributed by atoms with van der Waals surface area (Å²) >= 11 is 5.18. The highest BCUT2D eigenvalue weighted by Gasteiger charge is 2.38. The van der Waals surface area contributed by atoms with Gasteiger partial charge in [-0.1, -0.05) is 18.9 Å². The molecule has 0 atom stereocenters. The molecule has 0 saturated heterocycles. The number of ether oxygens (including phenoxy) is 2. The number of carbonyl (C=O) groups excluding carboxylic acids is 1. The minimum Gasteiger partial charge on any atom is -0.486 e. The van der Waals surface area contributed by atoms with Crippen LogP contribution >= 0.6 is 27.3 Å². The summed E-state index contributed by atoms with van der Waals surface area (Å²) < 4.78 is 12.5. The van der Waals surface area contributed by atoms with Crippen molar-refractivity contribution in [3.63, 3.8) is 0 Å². The molecule has 1 saturated carbocycles. The van der Waals surface area contributed by atoms with Gasteiger partial charge in [0.2, 0.25) is 5.91 Å². The minimum absolute atomic E-state index is 0.0647. The third kappa shape index (κ3) is 4.36. The van der Waals surface area contributed by atoms with Gasteiger partial charge in [0.05, 0.1) is 12.1 Å². The van der Waals surface area contributed by atoms with Crippen LogP contribution in [0.15, 0.2) is 34.1 Å². The molecule has 0 spiro atoms. The summed E-state index contributed by atoms with van der Waals surface area (Å²) in [6.07, 6.45) is 4.15. The molecule has 1 amide bonds. The number of likely N-dealkylation sites (N-methyl/N-ethyl adjacent to an activating group) is 1. The first kappa shape index (κ1) is 19.7. The maximum absolute atomic E-state index is 12.9. The van der Waals surface area contributed by atoms with Crippen molar-refractivity contribution in [3.05, 3.63) is 44.6 Å². The second kappa shape index (κ2) is 8.43. The molecule has 1 fully saturated rings. The predicted molar refractivity (Wildman–Crippen MR) is 114 cm³/mol. The molecule has 2 heterocycles. The smallest absolute Gasteiger partial charge is 0.234 e. The van der Waals surface area contributed by atoms with Crippen LogP contribution in [0, 0.1) is 0 Å². The van der Waals surface area contributed by atoms with Crippen molar-refractivity contribution in [1.82, 2.24) is 10.2 Å². The Bertz CT molecular complexity index is 848. The molecule has 7 heteroatoms. The number of fused-ring (bicyclic) bond motifs is 1. The first-order valence-electron chi connectivity index (χ1n) is 9.67. The van der Waals surface area contributed by atoms with Crippen LogP contribution in [0.1, 0.15) is 36.1 Å². The van der Waals surface area contributed by atoms with Gasteiger partial charge in [0.15, 0.2) is 11.5 Å². The van der Waals surface area contributed by atoms with E-state index in [-0.39, 0.29) is 11.4 Å². The van der Waals surface area contributed by atoms with Gasteiger partial charge >= 0.3 is 0 Å².